The van der Waals surface area contributed by atoms with Crippen molar-refractivity contribution in [3.8, 4) is 11.5 Å². The molecule has 2 unspecified atom stereocenters. The molecule has 1 aromatic carbocycles. The van der Waals surface area contributed by atoms with Gasteiger partial charge in [0.25, 0.3) is 0 Å². The van der Waals surface area contributed by atoms with Gasteiger partial charge in [-0.2, -0.15) is 0 Å². The van der Waals surface area contributed by atoms with Crippen LogP contribution in [0.3, 0.4) is 0 Å². The van der Waals surface area contributed by atoms with E-state index in [9.17, 15) is 25.2 Å². The van der Waals surface area contributed by atoms with Gasteiger partial charge < -0.3 is 39.7 Å². The average molecular weight is 356 g/mol. The van der Waals surface area contributed by atoms with E-state index in [4.69, 9.17) is 19.3 Å². The third-order valence-corrected chi connectivity index (χ3v) is 3.70. The Morgan fingerprint density at radius 2 is 1.92 bits per heavy atom. The highest BCUT2D eigenvalue weighted by molar-refractivity contribution is 5.85. The van der Waals surface area contributed by atoms with Crippen molar-refractivity contribution in [1.29, 1.82) is 0 Å². The van der Waals surface area contributed by atoms with E-state index in [1.807, 2.05) is 0 Å². The zero-order chi connectivity index (χ0) is 18.6. The van der Waals surface area contributed by atoms with E-state index in [1.54, 1.807) is 6.07 Å². The molecule has 0 radical (unpaired) electrons. The van der Waals surface area contributed by atoms with Crippen molar-refractivity contribution < 1.29 is 44.5 Å². The van der Waals surface area contributed by atoms with Crippen molar-refractivity contribution in [1.82, 2.24) is 0 Å². The van der Waals surface area contributed by atoms with E-state index >= 15 is 0 Å². The maximum absolute atomic E-state index is 10.6. The standard InChI is InChI=1S/C16H20O9/c1-23-10-6-8(3-5-12(18)19)2-4-9(10)24-16-15(22)14(21)13(20)11(7-17)25-16/h2-6,11,13-17,20-22H,7H2,1H3,(H,18,19)/b5-3+/t11-,13?,14+,15?,16-/m1/s1. The van der Waals surface area contributed by atoms with Crippen LogP contribution in [0.15, 0.2) is 24.3 Å². The second kappa shape index (κ2) is 8.28. The minimum atomic E-state index is -1.56. The van der Waals surface area contributed by atoms with Gasteiger partial charge in [-0.1, -0.05) is 6.07 Å². The van der Waals surface area contributed by atoms with Gasteiger partial charge in [-0.05, 0) is 23.8 Å². The first-order valence-corrected chi connectivity index (χ1v) is 7.43. The van der Waals surface area contributed by atoms with E-state index < -0.39 is 43.3 Å². The number of carboxylic acids is 1. The molecule has 9 nitrogen and oxygen atoms in total. The smallest absolute Gasteiger partial charge is 0.328 e. The first-order valence-electron chi connectivity index (χ1n) is 7.43. The zero-order valence-corrected chi connectivity index (χ0v) is 13.3. The third-order valence-electron chi connectivity index (χ3n) is 3.70. The molecule has 9 heteroatoms. The van der Waals surface area contributed by atoms with E-state index in [1.165, 1.54) is 25.3 Å². The molecule has 0 aliphatic carbocycles. The van der Waals surface area contributed by atoms with Crippen LogP contribution in [0.25, 0.3) is 6.08 Å². The SMILES string of the molecule is COc1cc(/C=C/C(=O)O)ccc1O[C@@H]1O[C@H](CO)C(O)[C@H](O)C1O. The summed E-state index contributed by atoms with van der Waals surface area (Å²) in [5, 5.41) is 47.3. The molecule has 0 aromatic heterocycles. The monoisotopic (exact) mass is 356 g/mol. The van der Waals surface area contributed by atoms with Crippen LogP contribution in [0.2, 0.25) is 0 Å². The van der Waals surface area contributed by atoms with Crippen LogP contribution in [0, 0.1) is 0 Å². The lowest BCUT2D eigenvalue weighted by molar-refractivity contribution is -0.277. The highest BCUT2D eigenvalue weighted by Gasteiger charge is 2.44. The van der Waals surface area contributed by atoms with Gasteiger partial charge in [-0.25, -0.2) is 4.79 Å². The van der Waals surface area contributed by atoms with Crippen molar-refractivity contribution in [3.63, 3.8) is 0 Å². The van der Waals surface area contributed by atoms with Crippen LogP contribution in [0.4, 0.5) is 0 Å². The maximum atomic E-state index is 10.6. The molecule has 25 heavy (non-hydrogen) atoms. The molecule has 1 aliphatic rings. The Labute approximate surface area is 143 Å². The number of benzene rings is 1. The van der Waals surface area contributed by atoms with Crippen molar-refractivity contribution in [2.24, 2.45) is 0 Å². The molecule has 0 bridgehead atoms. The fourth-order valence-corrected chi connectivity index (χ4v) is 2.34. The van der Waals surface area contributed by atoms with Gasteiger partial charge in [-0.3, -0.25) is 0 Å². The maximum Gasteiger partial charge on any atom is 0.328 e. The molecule has 0 amide bonds. The van der Waals surface area contributed by atoms with Crippen LogP contribution in [-0.4, -0.2) is 75.9 Å². The normalized spacial score (nSPS) is 29.6. The molecule has 0 spiro atoms. The summed E-state index contributed by atoms with van der Waals surface area (Å²) in [5.74, 6) is -0.690. The Morgan fingerprint density at radius 3 is 2.52 bits per heavy atom. The zero-order valence-electron chi connectivity index (χ0n) is 13.3. The highest BCUT2D eigenvalue weighted by Crippen LogP contribution is 2.32. The Bertz CT molecular complexity index is 628. The van der Waals surface area contributed by atoms with Gasteiger partial charge in [0.2, 0.25) is 6.29 Å². The molecular formula is C16H20O9. The van der Waals surface area contributed by atoms with Crippen molar-refractivity contribution in [2.75, 3.05) is 13.7 Å². The number of methoxy groups -OCH3 is 1. The molecule has 1 aliphatic heterocycles. The summed E-state index contributed by atoms with van der Waals surface area (Å²) in [6.07, 6.45) is -4.69. The number of carbonyl (C=O) groups is 1. The number of ether oxygens (including phenoxy) is 3. The summed E-state index contributed by atoms with van der Waals surface area (Å²) in [6.45, 7) is -0.569. The van der Waals surface area contributed by atoms with Crippen LogP contribution >= 0.6 is 0 Å². The van der Waals surface area contributed by atoms with E-state index in [-0.39, 0.29) is 11.5 Å². The summed E-state index contributed by atoms with van der Waals surface area (Å²) in [6, 6.07) is 4.54. The van der Waals surface area contributed by atoms with Gasteiger partial charge in [0.1, 0.15) is 24.4 Å². The number of carboxylic acid groups (broad SMARTS) is 1. The summed E-state index contributed by atoms with van der Waals surface area (Å²) >= 11 is 0. The summed E-state index contributed by atoms with van der Waals surface area (Å²) < 4.78 is 15.9. The number of rotatable bonds is 6. The largest absolute Gasteiger partial charge is 0.493 e. The summed E-state index contributed by atoms with van der Waals surface area (Å²) in [7, 11) is 1.38. The van der Waals surface area contributed by atoms with E-state index in [0.29, 0.717) is 5.56 Å². The van der Waals surface area contributed by atoms with Crippen molar-refractivity contribution in [3.05, 3.63) is 29.8 Å². The minimum Gasteiger partial charge on any atom is -0.493 e. The van der Waals surface area contributed by atoms with Crippen molar-refractivity contribution >= 4 is 12.0 Å². The predicted molar refractivity (Wildman–Crippen MR) is 84.1 cm³/mol. The molecule has 1 heterocycles. The number of hydrogen-bond donors (Lipinski definition) is 5. The Balaban J connectivity index is 2.19. The quantitative estimate of drug-likeness (QED) is 0.404. The highest BCUT2D eigenvalue weighted by atomic mass is 16.7. The lowest BCUT2D eigenvalue weighted by Gasteiger charge is -2.39. The molecule has 2 rings (SSSR count). The number of aliphatic hydroxyl groups is 4. The number of hydrogen-bond acceptors (Lipinski definition) is 8. The first-order chi connectivity index (χ1) is 11.9. The number of aliphatic carboxylic acids is 1. The summed E-state index contributed by atoms with van der Waals surface area (Å²) in [5.41, 5.74) is 0.542. The molecule has 138 valence electrons. The van der Waals surface area contributed by atoms with E-state index in [2.05, 4.69) is 0 Å². The number of aliphatic hydroxyl groups excluding tert-OH is 4. The summed E-state index contributed by atoms with van der Waals surface area (Å²) in [4.78, 5) is 10.6. The first kappa shape index (κ1) is 19.2. The average Bonchev–Trinajstić information content (AvgIpc) is 2.60. The lowest BCUT2D eigenvalue weighted by Crippen LogP contribution is -2.60. The molecular weight excluding hydrogens is 336 g/mol. The van der Waals surface area contributed by atoms with E-state index in [0.717, 1.165) is 6.08 Å². The van der Waals surface area contributed by atoms with Gasteiger partial charge in [0.05, 0.1) is 13.7 Å². The van der Waals surface area contributed by atoms with Crippen LogP contribution in [0.1, 0.15) is 5.56 Å². The predicted octanol–water partition coefficient (Wildman–Crippen LogP) is -1.03. The molecule has 1 fully saturated rings. The molecule has 5 N–H and O–H groups in total. The second-order valence-corrected chi connectivity index (χ2v) is 5.40. The fourth-order valence-electron chi connectivity index (χ4n) is 2.34. The van der Waals surface area contributed by atoms with Crippen LogP contribution in [0.5, 0.6) is 11.5 Å². The van der Waals surface area contributed by atoms with Crippen LogP contribution in [-0.2, 0) is 9.53 Å². The fraction of sp³-hybridized carbons (Fsp3) is 0.438. The molecule has 5 atom stereocenters. The molecule has 0 saturated carbocycles. The Morgan fingerprint density at radius 1 is 1.20 bits per heavy atom. The van der Waals surface area contributed by atoms with Crippen LogP contribution < -0.4 is 9.47 Å². The third kappa shape index (κ3) is 4.47. The Kier molecular flexibility index (Phi) is 6.34. The topological polar surface area (TPSA) is 146 Å². The molecule has 1 saturated heterocycles. The van der Waals surface area contributed by atoms with Gasteiger partial charge in [0.15, 0.2) is 11.5 Å². The van der Waals surface area contributed by atoms with Crippen molar-refractivity contribution in [2.45, 2.75) is 30.7 Å². The lowest BCUT2D eigenvalue weighted by atomic mass is 9.99. The second-order valence-electron chi connectivity index (χ2n) is 5.40. The minimum absolute atomic E-state index is 0.166. The molecule has 1 aromatic rings. The van der Waals surface area contributed by atoms with Gasteiger partial charge >= 0.3 is 5.97 Å². The van der Waals surface area contributed by atoms with Gasteiger partial charge in [-0.15, -0.1) is 0 Å². The van der Waals surface area contributed by atoms with Gasteiger partial charge in [0, 0.05) is 6.08 Å². The Hall–Kier alpha value is -2.17.